The number of aromatic nitrogens is 2. The number of hydrogen-bond donors (Lipinski definition) is 1. The number of hydrogen-bond acceptors (Lipinski definition) is 7. The maximum atomic E-state index is 13.4. The molecule has 0 saturated carbocycles. The molecule has 0 atom stereocenters. The molecular formula is C21H14ClFN4O2S2. The second kappa shape index (κ2) is 8.18. The largest absolute Gasteiger partial charge is 0.275 e. The zero-order valence-electron chi connectivity index (χ0n) is 16.0. The first-order valence-corrected chi connectivity index (χ1v) is 10.7. The highest BCUT2D eigenvalue weighted by atomic mass is 35.5. The number of fused-ring (bicyclic) bond motifs is 1. The summed E-state index contributed by atoms with van der Waals surface area (Å²) < 4.78 is 13.4. The summed E-state index contributed by atoms with van der Waals surface area (Å²) in [5.41, 5.74) is 4.78. The van der Waals surface area contributed by atoms with Crippen LogP contribution in [0.4, 0.5) is 10.2 Å². The van der Waals surface area contributed by atoms with Gasteiger partial charge in [0.25, 0.3) is 11.8 Å². The lowest BCUT2D eigenvalue weighted by Crippen LogP contribution is -2.36. The Morgan fingerprint density at radius 1 is 1.06 bits per heavy atom. The highest BCUT2D eigenvalue weighted by Gasteiger charge is 2.30. The van der Waals surface area contributed by atoms with E-state index >= 15 is 0 Å². The smallest absolute Gasteiger partial charge is 0.271 e. The molecule has 0 fully saturated rings. The quantitative estimate of drug-likeness (QED) is 0.408. The number of nitrogens with one attached hydrogen (secondary N) is 1. The van der Waals surface area contributed by atoms with Crippen molar-refractivity contribution in [2.45, 2.75) is 6.92 Å². The number of rotatable bonds is 4. The molecule has 10 heteroatoms. The number of imide groups is 1. The molecule has 0 saturated heterocycles. The number of carbonyl (C=O) groups excluding carboxylic acids is 2. The zero-order valence-corrected chi connectivity index (χ0v) is 18.4. The van der Waals surface area contributed by atoms with Crippen LogP contribution in [0.25, 0.3) is 32.0 Å². The van der Waals surface area contributed by atoms with Gasteiger partial charge in [-0.05, 0) is 42.6 Å². The molecule has 5 rings (SSSR count). The minimum absolute atomic E-state index is 0. The monoisotopic (exact) mass is 472 g/mol. The van der Waals surface area contributed by atoms with Gasteiger partial charge >= 0.3 is 0 Å². The van der Waals surface area contributed by atoms with Crippen LogP contribution >= 0.6 is 35.1 Å². The molecule has 1 aromatic carbocycles. The van der Waals surface area contributed by atoms with E-state index in [-0.39, 0.29) is 18.2 Å². The second-order valence-corrected chi connectivity index (χ2v) is 8.43. The lowest BCUT2D eigenvalue weighted by atomic mass is 10.1. The van der Waals surface area contributed by atoms with Crippen molar-refractivity contribution in [3.8, 4) is 21.8 Å². The summed E-state index contributed by atoms with van der Waals surface area (Å²) in [6.45, 7) is 1.59. The maximum Gasteiger partial charge on any atom is 0.275 e. The van der Waals surface area contributed by atoms with Gasteiger partial charge in [-0.3, -0.25) is 15.0 Å². The van der Waals surface area contributed by atoms with E-state index in [1.54, 1.807) is 30.4 Å². The predicted octanol–water partition coefficient (Wildman–Crippen LogP) is 5.29. The van der Waals surface area contributed by atoms with Crippen molar-refractivity contribution in [3.63, 3.8) is 0 Å². The Balaban J connectivity index is 0.00000231. The van der Waals surface area contributed by atoms with Gasteiger partial charge in [0.05, 0.1) is 5.39 Å². The Kier molecular flexibility index (Phi) is 5.57. The Bertz CT molecular complexity index is 1330. The third-order valence-electron chi connectivity index (χ3n) is 4.64. The molecule has 4 heterocycles. The van der Waals surface area contributed by atoms with E-state index in [9.17, 15) is 14.0 Å². The number of halogens is 2. The van der Waals surface area contributed by atoms with E-state index in [1.807, 2.05) is 22.9 Å². The van der Waals surface area contributed by atoms with E-state index in [2.05, 4.69) is 15.4 Å². The minimum atomic E-state index is -0.458. The molecule has 3 aromatic heterocycles. The molecule has 1 aliphatic rings. The molecule has 6 nitrogen and oxygen atoms in total. The summed E-state index contributed by atoms with van der Waals surface area (Å²) in [4.78, 5) is 35.6. The van der Waals surface area contributed by atoms with Gasteiger partial charge in [0.15, 0.2) is 11.6 Å². The van der Waals surface area contributed by atoms with Gasteiger partial charge in [-0.15, -0.1) is 35.1 Å². The van der Waals surface area contributed by atoms with Crippen LogP contribution in [-0.2, 0) is 9.59 Å². The Morgan fingerprint density at radius 2 is 1.84 bits per heavy atom. The van der Waals surface area contributed by atoms with E-state index in [0.717, 1.165) is 20.8 Å². The molecule has 31 heavy (non-hydrogen) atoms. The molecule has 1 N–H and O–H groups in total. The normalized spacial score (nSPS) is 13.5. The molecule has 0 radical (unpaired) electrons. The predicted molar refractivity (Wildman–Crippen MR) is 123 cm³/mol. The number of amides is 2. The molecule has 4 aromatic rings. The fraction of sp³-hybridized carbons (Fsp3) is 0.0476. The van der Waals surface area contributed by atoms with Gasteiger partial charge in [0, 0.05) is 33.0 Å². The zero-order chi connectivity index (χ0) is 20.8. The lowest BCUT2D eigenvalue weighted by Gasteiger charge is -2.18. The topological polar surface area (TPSA) is 75.2 Å². The highest BCUT2D eigenvalue weighted by Crippen LogP contribution is 2.40. The van der Waals surface area contributed by atoms with Crippen LogP contribution < -0.4 is 5.43 Å². The van der Waals surface area contributed by atoms with Crippen molar-refractivity contribution in [1.29, 1.82) is 0 Å². The number of nitrogens with zero attached hydrogens (tertiary/aromatic N) is 3. The molecule has 1 aliphatic heterocycles. The first kappa shape index (κ1) is 21.1. The molecule has 0 bridgehead atoms. The maximum absolute atomic E-state index is 13.4. The van der Waals surface area contributed by atoms with Crippen molar-refractivity contribution in [2.75, 3.05) is 5.43 Å². The Morgan fingerprint density at radius 3 is 2.48 bits per heavy atom. The van der Waals surface area contributed by atoms with Gasteiger partial charge in [0.1, 0.15) is 10.6 Å². The summed E-state index contributed by atoms with van der Waals surface area (Å²) in [7, 11) is 0. The molecule has 0 spiro atoms. The van der Waals surface area contributed by atoms with Crippen LogP contribution in [0.2, 0.25) is 0 Å². The number of hydrazine groups is 1. The van der Waals surface area contributed by atoms with Gasteiger partial charge in [-0.25, -0.2) is 14.4 Å². The molecule has 2 amide bonds. The van der Waals surface area contributed by atoms with Gasteiger partial charge in [-0.2, -0.15) is 5.01 Å². The van der Waals surface area contributed by atoms with E-state index in [0.29, 0.717) is 27.6 Å². The molecular weight excluding hydrogens is 459 g/mol. The average Bonchev–Trinajstić information content (AvgIpc) is 3.45. The number of benzene rings is 1. The summed E-state index contributed by atoms with van der Waals surface area (Å²) in [6.07, 6.45) is 1.28. The van der Waals surface area contributed by atoms with Crippen LogP contribution in [0.3, 0.4) is 0 Å². The van der Waals surface area contributed by atoms with Crippen LogP contribution in [0.1, 0.15) is 6.92 Å². The Labute approximate surface area is 190 Å². The summed E-state index contributed by atoms with van der Waals surface area (Å²) in [6, 6.07) is 9.79. The third kappa shape index (κ3) is 3.71. The van der Waals surface area contributed by atoms with Crippen LogP contribution in [0.15, 0.2) is 58.8 Å². The van der Waals surface area contributed by atoms with Crippen molar-refractivity contribution in [1.82, 2.24) is 15.0 Å². The average molecular weight is 473 g/mol. The van der Waals surface area contributed by atoms with Crippen molar-refractivity contribution in [2.24, 2.45) is 0 Å². The molecule has 156 valence electrons. The van der Waals surface area contributed by atoms with Crippen LogP contribution in [0, 0.1) is 5.82 Å². The van der Waals surface area contributed by atoms with E-state index in [1.165, 1.54) is 29.5 Å². The van der Waals surface area contributed by atoms with Crippen molar-refractivity contribution < 1.29 is 14.0 Å². The molecule has 0 unspecified atom stereocenters. The van der Waals surface area contributed by atoms with Crippen molar-refractivity contribution in [3.05, 3.63) is 64.6 Å². The summed E-state index contributed by atoms with van der Waals surface area (Å²) >= 11 is 3.01. The standard InChI is InChI=1S/C21H13FN4O2S2.ClH/c1-11-9-16(27)26(21(11)28)25-19-17-14(15-3-2-8-29-15)10-30-20(17)24-18(23-19)12-4-6-13(22)7-5-12;/h2-10H,1H3,(H,23,24,25);1H. The fourth-order valence-electron chi connectivity index (χ4n) is 3.16. The highest BCUT2D eigenvalue weighted by molar-refractivity contribution is 7.18. The Hall–Kier alpha value is -3.14. The third-order valence-corrected chi connectivity index (χ3v) is 6.42. The van der Waals surface area contributed by atoms with Crippen LogP contribution in [0.5, 0.6) is 0 Å². The van der Waals surface area contributed by atoms with Gasteiger partial charge < -0.3 is 0 Å². The molecule has 0 aliphatic carbocycles. The van der Waals surface area contributed by atoms with Crippen LogP contribution in [-0.4, -0.2) is 26.8 Å². The lowest BCUT2D eigenvalue weighted by molar-refractivity contribution is -0.135. The number of thiophene rings is 2. The minimum Gasteiger partial charge on any atom is -0.271 e. The van der Waals surface area contributed by atoms with Crippen molar-refractivity contribution >= 4 is 62.9 Å². The van der Waals surface area contributed by atoms with Gasteiger partial charge in [-0.1, -0.05) is 6.07 Å². The first-order valence-electron chi connectivity index (χ1n) is 8.93. The number of anilines is 1. The summed E-state index contributed by atoms with van der Waals surface area (Å²) in [5, 5.41) is 5.61. The SMILES string of the molecule is CC1=CC(=O)N(Nc2nc(-c3ccc(F)cc3)nc3scc(-c4cccs4)c23)C1=O.Cl. The van der Waals surface area contributed by atoms with E-state index in [4.69, 9.17) is 0 Å². The fourth-order valence-corrected chi connectivity index (χ4v) is 4.93. The number of carbonyl (C=O) groups is 2. The second-order valence-electron chi connectivity index (χ2n) is 6.63. The first-order chi connectivity index (χ1) is 14.5. The summed E-state index contributed by atoms with van der Waals surface area (Å²) in [5.74, 6) is -0.533. The van der Waals surface area contributed by atoms with E-state index < -0.39 is 11.8 Å². The van der Waals surface area contributed by atoms with Gasteiger partial charge in [0.2, 0.25) is 0 Å².